The van der Waals surface area contributed by atoms with Gasteiger partial charge in [0.25, 0.3) is 0 Å². The Kier molecular flexibility index (Phi) is 5.44. The van der Waals surface area contributed by atoms with Crippen LogP contribution >= 0.6 is 0 Å². The van der Waals surface area contributed by atoms with E-state index in [9.17, 15) is 18.0 Å². The molecule has 0 spiro atoms. The molecular formula is C12H21F3N2O. The minimum atomic E-state index is -4.33. The van der Waals surface area contributed by atoms with Gasteiger partial charge in [-0.2, -0.15) is 13.2 Å². The monoisotopic (exact) mass is 266 g/mol. The van der Waals surface area contributed by atoms with Crippen molar-refractivity contribution in [1.82, 2.24) is 10.2 Å². The number of halogens is 3. The van der Waals surface area contributed by atoms with Crippen LogP contribution in [0, 0.1) is 5.92 Å². The quantitative estimate of drug-likeness (QED) is 0.846. The zero-order valence-corrected chi connectivity index (χ0v) is 10.9. The maximum atomic E-state index is 12.4. The number of nitrogens with zero attached hydrogens (tertiary/aromatic N) is 1. The second kappa shape index (κ2) is 6.41. The smallest absolute Gasteiger partial charge is 0.332 e. The van der Waals surface area contributed by atoms with Gasteiger partial charge in [-0.1, -0.05) is 13.8 Å². The molecule has 0 saturated carbocycles. The Balaban J connectivity index is 2.63. The van der Waals surface area contributed by atoms with E-state index in [1.807, 2.05) is 6.92 Å². The molecule has 0 bridgehead atoms. The van der Waals surface area contributed by atoms with Crippen LogP contribution in [-0.4, -0.2) is 42.7 Å². The number of rotatable bonds is 4. The predicted octanol–water partition coefficient (Wildman–Crippen LogP) is 2.18. The zero-order chi connectivity index (χ0) is 13.8. The van der Waals surface area contributed by atoms with Gasteiger partial charge in [0, 0.05) is 6.54 Å². The van der Waals surface area contributed by atoms with Crippen molar-refractivity contribution in [2.45, 2.75) is 45.3 Å². The van der Waals surface area contributed by atoms with Crippen molar-refractivity contribution < 1.29 is 18.0 Å². The van der Waals surface area contributed by atoms with Crippen molar-refractivity contribution in [3.8, 4) is 0 Å². The molecule has 0 aromatic rings. The van der Waals surface area contributed by atoms with E-state index in [1.165, 1.54) is 0 Å². The van der Waals surface area contributed by atoms with E-state index in [0.717, 1.165) is 11.3 Å². The van der Waals surface area contributed by atoms with E-state index in [0.29, 0.717) is 25.3 Å². The summed E-state index contributed by atoms with van der Waals surface area (Å²) < 4.78 is 37.3. The Morgan fingerprint density at radius 2 is 2.11 bits per heavy atom. The highest BCUT2D eigenvalue weighted by molar-refractivity contribution is 5.82. The third-order valence-electron chi connectivity index (χ3n) is 3.14. The Morgan fingerprint density at radius 1 is 1.44 bits per heavy atom. The fourth-order valence-corrected chi connectivity index (χ4v) is 2.27. The largest absolute Gasteiger partial charge is 0.406 e. The van der Waals surface area contributed by atoms with Crippen LogP contribution in [0.4, 0.5) is 13.2 Å². The number of hydrogen-bond donors (Lipinski definition) is 1. The SMILES string of the molecule is CCCN(CC(F)(F)F)C(=O)C1CC(C)CCN1. The fourth-order valence-electron chi connectivity index (χ4n) is 2.27. The molecule has 6 heteroatoms. The Bertz CT molecular complexity index is 281. The number of amides is 1. The molecule has 0 radical (unpaired) electrons. The van der Waals surface area contributed by atoms with Gasteiger partial charge in [-0.3, -0.25) is 4.79 Å². The molecule has 2 atom stereocenters. The maximum Gasteiger partial charge on any atom is 0.406 e. The van der Waals surface area contributed by atoms with Crippen LogP contribution in [0.2, 0.25) is 0 Å². The van der Waals surface area contributed by atoms with Gasteiger partial charge in [0.2, 0.25) is 5.91 Å². The topological polar surface area (TPSA) is 32.3 Å². The summed E-state index contributed by atoms with van der Waals surface area (Å²) >= 11 is 0. The third-order valence-corrected chi connectivity index (χ3v) is 3.14. The van der Waals surface area contributed by atoms with E-state index in [1.54, 1.807) is 6.92 Å². The number of piperidine rings is 1. The predicted molar refractivity (Wildman–Crippen MR) is 63.1 cm³/mol. The average molecular weight is 266 g/mol. The molecule has 1 saturated heterocycles. The molecule has 1 aliphatic rings. The maximum absolute atomic E-state index is 12.4. The van der Waals surface area contributed by atoms with Crippen LogP contribution in [0.25, 0.3) is 0 Å². The molecule has 106 valence electrons. The van der Waals surface area contributed by atoms with Crippen LogP contribution in [0.5, 0.6) is 0 Å². The molecule has 1 aliphatic heterocycles. The average Bonchev–Trinajstić information content (AvgIpc) is 2.26. The highest BCUT2D eigenvalue weighted by atomic mass is 19.4. The second-order valence-corrected chi connectivity index (χ2v) is 5.01. The summed E-state index contributed by atoms with van der Waals surface area (Å²) in [6.45, 7) is 3.50. The molecule has 1 N–H and O–H groups in total. The van der Waals surface area contributed by atoms with Gasteiger partial charge in [-0.15, -0.1) is 0 Å². The molecule has 18 heavy (non-hydrogen) atoms. The number of hydrogen-bond acceptors (Lipinski definition) is 2. The molecule has 1 fully saturated rings. The van der Waals surface area contributed by atoms with Crippen LogP contribution in [0.1, 0.15) is 33.1 Å². The van der Waals surface area contributed by atoms with Gasteiger partial charge in [0.1, 0.15) is 6.54 Å². The summed E-state index contributed by atoms with van der Waals surface area (Å²) in [5.74, 6) is -0.0321. The molecule has 1 heterocycles. The second-order valence-electron chi connectivity index (χ2n) is 5.01. The van der Waals surface area contributed by atoms with Crippen LogP contribution < -0.4 is 5.32 Å². The molecule has 2 unspecified atom stereocenters. The molecule has 1 amide bonds. The highest BCUT2D eigenvalue weighted by Gasteiger charge is 2.35. The summed E-state index contributed by atoms with van der Waals surface area (Å²) in [6.07, 6.45) is -2.21. The minimum Gasteiger partial charge on any atom is -0.332 e. The van der Waals surface area contributed by atoms with Gasteiger partial charge in [-0.25, -0.2) is 0 Å². The fraction of sp³-hybridized carbons (Fsp3) is 0.917. The van der Waals surface area contributed by atoms with E-state index < -0.39 is 24.7 Å². The van der Waals surface area contributed by atoms with Crippen molar-refractivity contribution >= 4 is 5.91 Å². The van der Waals surface area contributed by atoms with Crippen molar-refractivity contribution in [3.05, 3.63) is 0 Å². The normalized spacial score (nSPS) is 24.9. The van der Waals surface area contributed by atoms with E-state index >= 15 is 0 Å². The Hall–Kier alpha value is -0.780. The van der Waals surface area contributed by atoms with Crippen molar-refractivity contribution in [2.75, 3.05) is 19.6 Å². The lowest BCUT2D eigenvalue weighted by atomic mass is 9.93. The van der Waals surface area contributed by atoms with E-state index in [-0.39, 0.29) is 6.54 Å². The Labute approximate surface area is 106 Å². The summed E-state index contributed by atoms with van der Waals surface area (Å²) in [5.41, 5.74) is 0. The van der Waals surface area contributed by atoms with E-state index in [2.05, 4.69) is 5.32 Å². The summed E-state index contributed by atoms with van der Waals surface area (Å²) in [6, 6.07) is -0.456. The number of carbonyl (C=O) groups excluding carboxylic acids is 1. The standard InChI is InChI=1S/C12H21F3N2O/c1-3-6-17(8-12(13,14)15)11(18)10-7-9(2)4-5-16-10/h9-10,16H,3-8H2,1-2H3. The first-order chi connectivity index (χ1) is 8.33. The lowest BCUT2D eigenvalue weighted by Crippen LogP contribution is -2.52. The van der Waals surface area contributed by atoms with E-state index in [4.69, 9.17) is 0 Å². The van der Waals surface area contributed by atoms with Crippen LogP contribution in [0.3, 0.4) is 0 Å². The first-order valence-electron chi connectivity index (χ1n) is 6.42. The number of alkyl halides is 3. The molecular weight excluding hydrogens is 245 g/mol. The molecule has 1 rings (SSSR count). The molecule has 3 nitrogen and oxygen atoms in total. The third kappa shape index (κ3) is 4.84. The minimum absolute atomic E-state index is 0.158. The molecule has 0 aliphatic carbocycles. The molecule has 0 aromatic carbocycles. The van der Waals surface area contributed by atoms with Gasteiger partial charge in [0.15, 0.2) is 0 Å². The van der Waals surface area contributed by atoms with Crippen molar-refractivity contribution in [3.63, 3.8) is 0 Å². The van der Waals surface area contributed by atoms with Gasteiger partial charge >= 0.3 is 6.18 Å². The lowest BCUT2D eigenvalue weighted by molar-refractivity contribution is -0.163. The van der Waals surface area contributed by atoms with Gasteiger partial charge in [-0.05, 0) is 31.7 Å². The number of nitrogens with one attached hydrogen (secondary N) is 1. The zero-order valence-electron chi connectivity index (χ0n) is 10.9. The van der Waals surface area contributed by atoms with Crippen LogP contribution in [-0.2, 0) is 4.79 Å². The summed E-state index contributed by atoms with van der Waals surface area (Å²) in [5, 5.41) is 3.02. The highest BCUT2D eigenvalue weighted by Crippen LogP contribution is 2.20. The first-order valence-corrected chi connectivity index (χ1v) is 6.42. The Morgan fingerprint density at radius 3 is 2.61 bits per heavy atom. The number of carbonyl (C=O) groups is 1. The van der Waals surface area contributed by atoms with Gasteiger partial charge in [0.05, 0.1) is 6.04 Å². The van der Waals surface area contributed by atoms with Crippen molar-refractivity contribution in [2.24, 2.45) is 5.92 Å². The molecule has 0 aromatic heterocycles. The summed E-state index contributed by atoms with van der Waals surface area (Å²) in [7, 11) is 0. The lowest BCUT2D eigenvalue weighted by Gasteiger charge is -2.32. The summed E-state index contributed by atoms with van der Waals surface area (Å²) in [4.78, 5) is 13.0. The van der Waals surface area contributed by atoms with Crippen LogP contribution in [0.15, 0.2) is 0 Å². The van der Waals surface area contributed by atoms with Crippen molar-refractivity contribution in [1.29, 1.82) is 0 Å². The first kappa shape index (κ1) is 15.3. The van der Waals surface area contributed by atoms with Gasteiger partial charge < -0.3 is 10.2 Å².